The van der Waals surface area contributed by atoms with E-state index in [1.165, 1.54) is 19.3 Å². The second-order valence-corrected chi connectivity index (χ2v) is 5.89. The van der Waals surface area contributed by atoms with Crippen molar-refractivity contribution in [3.63, 3.8) is 0 Å². The van der Waals surface area contributed by atoms with Gasteiger partial charge in [0.15, 0.2) is 0 Å². The molecule has 0 aliphatic carbocycles. The average Bonchev–Trinajstić information content (AvgIpc) is 2.34. The van der Waals surface area contributed by atoms with E-state index >= 15 is 0 Å². The predicted octanol–water partition coefficient (Wildman–Crippen LogP) is 4.31. The molecule has 0 aliphatic heterocycles. The summed E-state index contributed by atoms with van der Waals surface area (Å²) in [5.41, 5.74) is 0. The quantitative estimate of drug-likeness (QED) is 0.434. The Morgan fingerprint density at radius 2 is 1.68 bits per heavy atom. The zero-order valence-electron chi connectivity index (χ0n) is 13.3. The fourth-order valence-electron chi connectivity index (χ4n) is 2.63. The summed E-state index contributed by atoms with van der Waals surface area (Å²) in [5, 5.41) is 19.6. The van der Waals surface area contributed by atoms with Crippen molar-refractivity contribution < 1.29 is 10.2 Å². The van der Waals surface area contributed by atoms with E-state index in [1.54, 1.807) is 6.92 Å². The van der Waals surface area contributed by atoms with Gasteiger partial charge in [0.25, 0.3) is 0 Å². The third-order valence-corrected chi connectivity index (χ3v) is 3.79. The molecule has 0 rings (SSSR count). The highest BCUT2D eigenvalue weighted by molar-refractivity contribution is 4.91. The molecule has 0 aromatic carbocycles. The second kappa shape index (κ2) is 11.5. The SMILES string of the molecule is CCCCCC=CC(C)C(CCC)C(O)CC(C)O. The van der Waals surface area contributed by atoms with Crippen LogP contribution in [0.2, 0.25) is 0 Å². The number of aliphatic hydroxyl groups is 2. The topological polar surface area (TPSA) is 40.5 Å². The fourth-order valence-corrected chi connectivity index (χ4v) is 2.63. The summed E-state index contributed by atoms with van der Waals surface area (Å²) in [6, 6.07) is 0. The third-order valence-electron chi connectivity index (χ3n) is 3.79. The van der Waals surface area contributed by atoms with Gasteiger partial charge in [-0.05, 0) is 44.4 Å². The Hall–Kier alpha value is -0.340. The standard InChI is InChI=1S/C17H34O2/c1-5-7-8-9-10-12-14(3)16(11-6-2)17(19)13-15(4)18/h10,12,14-19H,5-9,11,13H2,1-4H3. The van der Waals surface area contributed by atoms with E-state index in [0.29, 0.717) is 12.3 Å². The Morgan fingerprint density at radius 3 is 2.21 bits per heavy atom. The molecule has 114 valence electrons. The number of hydrogen-bond donors (Lipinski definition) is 2. The van der Waals surface area contributed by atoms with Crippen LogP contribution in [0.1, 0.15) is 72.6 Å². The van der Waals surface area contributed by atoms with Gasteiger partial charge in [-0.1, -0.05) is 52.2 Å². The van der Waals surface area contributed by atoms with Crippen molar-refractivity contribution in [2.24, 2.45) is 11.8 Å². The first-order valence-electron chi connectivity index (χ1n) is 8.05. The summed E-state index contributed by atoms with van der Waals surface area (Å²) in [6.07, 6.45) is 11.2. The highest BCUT2D eigenvalue weighted by atomic mass is 16.3. The number of rotatable bonds is 11. The molecule has 19 heavy (non-hydrogen) atoms. The van der Waals surface area contributed by atoms with Crippen molar-refractivity contribution in [1.82, 2.24) is 0 Å². The molecule has 0 saturated heterocycles. The first-order chi connectivity index (χ1) is 9.02. The van der Waals surface area contributed by atoms with Crippen LogP contribution in [0.25, 0.3) is 0 Å². The van der Waals surface area contributed by atoms with Gasteiger partial charge < -0.3 is 10.2 Å². The maximum Gasteiger partial charge on any atom is 0.0598 e. The van der Waals surface area contributed by atoms with Crippen LogP contribution in [-0.2, 0) is 0 Å². The monoisotopic (exact) mass is 270 g/mol. The first-order valence-corrected chi connectivity index (χ1v) is 8.05. The van der Waals surface area contributed by atoms with Crippen molar-refractivity contribution >= 4 is 0 Å². The van der Waals surface area contributed by atoms with Gasteiger partial charge >= 0.3 is 0 Å². The van der Waals surface area contributed by atoms with Crippen molar-refractivity contribution in [3.8, 4) is 0 Å². The Labute approximate surface area is 119 Å². The lowest BCUT2D eigenvalue weighted by molar-refractivity contribution is 0.0344. The molecular weight excluding hydrogens is 236 g/mol. The maximum absolute atomic E-state index is 10.2. The summed E-state index contributed by atoms with van der Waals surface area (Å²) in [6.45, 7) is 8.30. The van der Waals surface area contributed by atoms with Crippen LogP contribution in [0.4, 0.5) is 0 Å². The van der Waals surface area contributed by atoms with Crippen molar-refractivity contribution in [1.29, 1.82) is 0 Å². The normalized spacial score (nSPS) is 18.4. The molecule has 2 N–H and O–H groups in total. The summed E-state index contributed by atoms with van der Waals surface area (Å²) in [4.78, 5) is 0. The van der Waals surface area contributed by atoms with E-state index in [-0.39, 0.29) is 5.92 Å². The van der Waals surface area contributed by atoms with Crippen LogP contribution in [-0.4, -0.2) is 22.4 Å². The van der Waals surface area contributed by atoms with Crippen LogP contribution >= 0.6 is 0 Å². The first kappa shape index (κ1) is 18.7. The average molecular weight is 270 g/mol. The van der Waals surface area contributed by atoms with E-state index in [1.807, 2.05) is 0 Å². The molecule has 0 fully saturated rings. The van der Waals surface area contributed by atoms with Crippen LogP contribution in [0, 0.1) is 11.8 Å². The zero-order chi connectivity index (χ0) is 14.7. The lowest BCUT2D eigenvalue weighted by atomic mass is 9.83. The molecule has 0 saturated carbocycles. The van der Waals surface area contributed by atoms with E-state index in [0.717, 1.165) is 19.3 Å². The van der Waals surface area contributed by atoms with Gasteiger partial charge in [-0.2, -0.15) is 0 Å². The summed E-state index contributed by atoms with van der Waals surface area (Å²) in [7, 11) is 0. The van der Waals surface area contributed by atoms with Crippen molar-refractivity contribution in [3.05, 3.63) is 12.2 Å². The molecule has 0 heterocycles. The molecule has 0 spiro atoms. The molecule has 0 bridgehead atoms. The van der Waals surface area contributed by atoms with Gasteiger partial charge in [0, 0.05) is 0 Å². The Balaban J connectivity index is 4.26. The molecular formula is C17H34O2. The minimum atomic E-state index is -0.421. The van der Waals surface area contributed by atoms with Crippen LogP contribution in [0.15, 0.2) is 12.2 Å². The van der Waals surface area contributed by atoms with E-state index in [2.05, 4.69) is 32.9 Å². The lowest BCUT2D eigenvalue weighted by Crippen LogP contribution is -2.28. The second-order valence-electron chi connectivity index (χ2n) is 5.89. The van der Waals surface area contributed by atoms with E-state index < -0.39 is 12.2 Å². The minimum Gasteiger partial charge on any atom is -0.393 e. The van der Waals surface area contributed by atoms with Gasteiger partial charge in [0.1, 0.15) is 0 Å². The minimum absolute atomic E-state index is 0.266. The summed E-state index contributed by atoms with van der Waals surface area (Å²) in [5.74, 6) is 0.650. The van der Waals surface area contributed by atoms with Gasteiger partial charge in [0.2, 0.25) is 0 Å². The molecule has 0 aromatic rings. The van der Waals surface area contributed by atoms with Gasteiger partial charge in [-0.3, -0.25) is 0 Å². The zero-order valence-corrected chi connectivity index (χ0v) is 13.3. The summed E-state index contributed by atoms with van der Waals surface area (Å²) < 4.78 is 0. The van der Waals surface area contributed by atoms with E-state index in [4.69, 9.17) is 0 Å². The molecule has 2 heteroatoms. The largest absolute Gasteiger partial charge is 0.393 e. The fraction of sp³-hybridized carbons (Fsp3) is 0.882. The molecule has 0 amide bonds. The highest BCUT2D eigenvalue weighted by Crippen LogP contribution is 2.25. The van der Waals surface area contributed by atoms with Crippen molar-refractivity contribution in [2.75, 3.05) is 0 Å². The number of aliphatic hydroxyl groups excluding tert-OH is 2. The van der Waals surface area contributed by atoms with Crippen LogP contribution in [0.5, 0.6) is 0 Å². The Bertz CT molecular complexity index is 223. The molecule has 0 aromatic heterocycles. The molecule has 2 nitrogen and oxygen atoms in total. The van der Waals surface area contributed by atoms with Gasteiger partial charge in [-0.25, -0.2) is 0 Å². The van der Waals surface area contributed by atoms with Gasteiger partial charge in [0.05, 0.1) is 12.2 Å². The smallest absolute Gasteiger partial charge is 0.0598 e. The number of hydrogen-bond acceptors (Lipinski definition) is 2. The Kier molecular flexibility index (Phi) is 11.3. The summed E-state index contributed by atoms with van der Waals surface area (Å²) >= 11 is 0. The molecule has 0 aliphatic rings. The highest BCUT2D eigenvalue weighted by Gasteiger charge is 2.23. The molecule has 4 unspecified atom stereocenters. The predicted molar refractivity (Wildman–Crippen MR) is 83.1 cm³/mol. The van der Waals surface area contributed by atoms with Crippen LogP contribution in [0.3, 0.4) is 0 Å². The van der Waals surface area contributed by atoms with E-state index in [9.17, 15) is 10.2 Å². The molecule has 4 atom stereocenters. The molecule has 0 radical (unpaired) electrons. The third kappa shape index (κ3) is 9.23. The number of unbranched alkanes of at least 4 members (excludes halogenated alkanes) is 3. The van der Waals surface area contributed by atoms with Crippen molar-refractivity contribution in [2.45, 2.75) is 84.8 Å². The maximum atomic E-state index is 10.2. The number of allylic oxidation sites excluding steroid dienone is 2. The van der Waals surface area contributed by atoms with Crippen LogP contribution < -0.4 is 0 Å². The lowest BCUT2D eigenvalue weighted by Gasteiger charge is -2.27. The Morgan fingerprint density at radius 1 is 1.00 bits per heavy atom. The van der Waals surface area contributed by atoms with Gasteiger partial charge in [-0.15, -0.1) is 0 Å².